The minimum absolute atomic E-state index is 0.262. The molecule has 0 fully saturated rings. The molecular weight excluding hydrogens is 289 g/mol. The monoisotopic (exact) mass is 302 g/mol. The van der Waals surface area contributed by atoms with E-state index < -0.39 is 18.6 Å². The lowest BCUT2D eigenvalue weighted by atomic mass is 10.3. The number of carbonyl (C=O) groups excluding carboxylic acids is 1. The number of furan rings is 1. The van der Waals surface area contributed by atoms with E-state index in [9.17, 15) is 18.0 Å². The maximum Gasteiger partial charge on any atom is 0.406 e. The number of nitrogens with two attached hydrogens (primary N) is 1. The van der Waals surface area contributed by atoms with Gasteiger partial charge >= 0.3 is 6.18 Å². The Hall–Kier alpha value is -2.45. The number of alkyl halides is 3. The molecule has 2 rings (SSSR count). The van der Waals surface area contributed by atoms with E-state index in [2.05, 4.69) is 5.10 Å². The second-order valence-electron chi connectivity index (χ2n) is 4.42. The fourth-order valence-electron chi connectivity index (χ4n) is 1.74. The zero-order chi connectivity index (χ0) is 15.5. The lowest BCUT2D eigenvalue weighted by Gasteiger charge is -2.23. The number of nitrogen functional groups attached to an aromatic ring is 1. The van der Waals surface area contributed by atoms with Gasteiger partial charge in [-0.2, -0.15) is 18.3 Å². The van der Waals surface area contributed by atoms with Gasteiger partial charge in [0.1, 0.15) is 18.8 Å². The number of amides is 1. The van der Waals surface area contributed by atoms with Crippen molar-refractivity contribution in [2.24, 2.45) is 0 Å². The standard InChI is InChI=1S/C12H13F3N4O2/c13-12(14,15)8-18(6-10-2-1-3-21-10)11(20)7-19-5-9(16)4-17-19/h1-5H,6-8,16H2. The van der Waals surface area contributed by atoms with Crippen LogP contribution < -0.4 is 5.73 Å². The first-order chi connectivity index (χ1) is 9.83. The van der Waals surface area contributed by atoms with E-state index in [-0.39, 0.29) is 18.8 Å². The Labute approximate surface area is 117 Å². The molecule has 9 heteroatoms. The molecule has 0 saturated carbocycles. The Bertz CT molecular complexity index is 592. The molecule has 0 aliphatic carbocycles. The number of halogens is 3. The molecule has 6 nitrogen and oxygen atoms in total. The molecule has 2 N–H and O–H groups in total. The lowest BCUT2D eigenvalue weighted by Crippen LogP contribution is -2.40. The Morgan fingerprint density at radius 1 is 1.48 bits per heavy atom. The van der Waals surface area contributed by atoms with Gasteiger partial charge in [-0.3, -0.25) is 9.48 Å². The Morgan fingerprint density at radius 3 is 2.76 bits per heavy atom. The van der Waals surface area contributed by atoms with Gasteiger partial charge in [0, 0.05) is 6.20 Å². The lowest BCUT2D eigenvalue weighted by molar-refractivity contribution is -0.163. The molecular formula is C12H13F3N4O2. The van der Waals surface area contributed by atoms with Crippen LogP contribution in [0.25, 0.3) is 0 Å². The third-order valence-electron chi connectivity index (χ3n) is 2.60. The maximum absolute atomic E-state index is 12.6. The van der Waals surface area contributed by atoms with Gasteiger partial charge in [-0.25, -0.2) is 0 Å². The molecule has 2 aromatic heterocycles. The highest BCUT2D eigenvalue weighted by Gasteiger charge is 2.33. The summed E-state index contributed by atoms with van der Waals surface area (Å²) in [6.07, 6.45) is -0.477. The van der Waals surface area contributed by atoms with Crippen molar-refractivity contribution in [2.75, 3.05) is 12.3 Å². The van der Waals surface area contributed by atoms with E-state index in [1.807, 2.05) is 0 Å². The van der Waals surface area contributed by atoms with Crippen LogP contribution in [0.1, 0.15) is 5.76 Å². The van der Waals surface area contributed by atoms with Crippen LogP contribution in [0.5, 0.6) is 0 Å². The molecule has 114 valence electrons. The topological polar surface area (TPSA) is 77.3 Å². The highest BCUT2D eigenvalue weighted by atomic mass is 19.4. The summed E-state index contributed by atoms with van der Waals surface area (Å²) in [5, 5.41) is 3.77. The van der Waals surface area contributed by atoms with Crippen LogP contribution in [0.15, 0.2) is 35.2 Å². The van der Waals surface area contributed by atoms with E-state index in [4.69, 9.17) is 10.2 Å². The molecule has 2 aromatic rings. The van der Waals surface area contributed by atoms with E-state index in [1.165, 1.54) is 29.4 Å². The molecule has 0 unspecified atom stereocenters. The molecule has 0 spiro atoms. The normalized spacial score (nSPS) is 11.6. The molecule has 0 aliphatic heterocycles. The molecule has 21 heavy (non-hydrogen) atoms. The minimum Gasteiger partial charge on any atom is -0.467 e. The third-order valence-corrected chi connectivity index (χ3v) is 2.60. The van der Waals surface area contributed by atoms with Crippen LogP contribution >= 0.6 is 0 Å². The summed E-state index contributed by atoms with van der Waals surface area (Å²) in [5.74, 6) is -0.459. The molecule has 0 radical (unpaired) electrons. The van der Waals surface area contributed by atoms with Crippen LogP contribution in [0.3, 0.4) is 0 Å². The van der Waals surface area contributed by atoms with E-state index >= 15 is 0 Å². The maximum atomic E-state index is 12.6. The third kappa shape index (κ3) is 4.55. The van der Waals surface area contributed by atoms with Crippen molar-refractivity contribution < 1.29 is 22.4 Å². The zero-order valence-electron chi connectivity index (χ0n) is 10.9. The predicted molar refractivity (Wildman–Crippen MR) is 66.8 cm³/mol. The van der Waals surface area contributed by atoms with Crippen LogP contribution in [0.2, 0.25) is 0 Å². The van der Waals surface area contributed by atoms with Crippen molar-refractivity contribution in [3.8, 4) is 0 Å². The molecule has 0 saturated heterocycles. The van der Waals surface area contributed by atoms with Crippen LogP contribution in [0.4, 0.5) is 18.9 Å². The number of carbonyl (C=O) groups is 1. The largest absolute Gasteiger partial charge is 0.467 e. The number of hydrogen-bond donors (Lipinski definition) is 1. The molecule has 0 aliphatic rings. The first kappa shape index (κ1) is 14.9. The van der Waals surface area contributed by atoms with Crippen molar-refractivity contribution in [1.82, 2.24) is 14.7 Å². The average molecular weight is 302 g/mol. The van der Waals surface area contributed by atoms with Gasteiger partial charge in [-0.15, -0.1) is 0 Å². The summed E-state index contributed by atoms with van der Waals surface area (Å²) >= 11 is 0. The summed E-state index contributed by atoms with van der Waals surface area (Å²) in [6.45, 7) is -1.95. The summed E-state index contributed by atoms with van der Waals surface area (Å²) < 4.78 is 43.9. The average Bonchev–Trinajstić information content (AvgIpc) is 2.98. The SMILES string of the molecule is Nc1cnn(CC(=O)N(Cc2ccco2)CC(F)(F)F)c1. The van der Waals surface area contributed by atoms with Crippen molar-refractivity contribution in [3.05, 3.63) is 36.5 Å². The predicted octanol–water partition coefficient (Wildman–Crippen LogP) is 1.65. The van der Waals surface area contributed by atoms with Crippen molar-refractivity contribution in [3.63, 3.8) is 0 Å². The molecule has 1 amide bonds. The Balaban J connectivity index is 2.08. The van der Waals surface area contributed by atoms with Gasteiger partial charge in [0.2, 0.25) is 5.91 Å². The van der Waals surface area contributed by atoms with Crippen molar-refractivity contribution >= 4 is 11.6 Å². The number of nitrogens with zero attached hydrogens (tertiary/aromatic N) is 3. The van der Waals surface area contributed by atoms with Gasteiger partial charge in [0.15, 0.2) is 0 Å². The van der Waals surface area contributed by atoms with Gasteiger partial charge in [-0.1, -0.05) is 0 Å². The number of rotatable bonds is 5. The van der Waals surface area contributed by atoms with Gasteiger partial charge in [0.05, 0.1) is 24.7 Å². The number of aromatic nitrogens is 2. The smallest absolute Gasteiger partial charge is 0.406 e. The van der Waals surface area contributed by atoms with Gasteiger partial charge in [0.25, 0.3) is 0 Å². The zero-order valence-corrected chi connectivity index (χ0v) is 10.9. The molecule has 0 atom stereocenters. The molecule has 0 bridgehead atoms. The summed E-state index contributed by atoms with van der Waals surface area (Å²) in [5.41, 5.74) is 5.77. The fourth-order valence-corrected chi connectivity index (χ4v) is 1.74. The second kappa shape index (κ2) is 5.90. The van der Waals surface area contributed by atoms with E-state index in [0.717, 1.165) is 0 Å². The fraction of sp³-hybridized carbons (Fsp3) is 0.333. The highest BCUT2D eigenvalue weighted by Crippen LogP contribution is 2.19. The summed E-state index contributed by atoms with van der Waals surface area (Å²) in [6, 6.07) is 3.04. The Morgan fingerprint density at radius 2 is 2.24 bits per heavy atom. The second-order valence-corrected chi connectivity index (χ2v) is 4.42. The van der Waals surface area contributed by atoms with Crippen molar-refractivity contribution in [1.29, 1.82) is 0 Å². The van der Waals surface area contributed by atoms with Crippen LogP contribution in [-0.4, -0.2) is 33.3 Å². The van der Waals surface area contributed by atoms with Gasteiger partial charge < -0.3 is 15.1 Å². The van der Waals surface area contributed by atoms with Crippen LogP contribution in [-0.2, 0) is 17.9 Å². The minimum atomic E-state index is -4.49. The van der Waals surface area contributed by atoms with E-state index in [0.29, 0.717) is 10.6 Å². The quantitative estimate of drug-likeness (QED) is 0.911. The summed E-state index contributed by atoms with van der Waals surface area (Å²) in [7, 11) is 0. The summed E-state index contributed by atoms with van der Waals surface area (Å²) in [4.78, 5) is 12.7. The first-order valence-electron chi connectivity index (χ1n) is 5.98. The highest BCUT2D eigenvalue weighted by molar-refractivity contribution is 5.76. The number of hydrogen-bond acceptors (Lipinski definition) is 4. The van der Waals surface area contributed by atoms with Gasteiger partial charge in [-0.05, 0) is 12.1 Å². The molecule has 2 heterocycles. The molecule has 0 aromatic carbocycles. The first-order valence-corrected chi connectivity index (χ1v) is 5.98. The van der Waals surface area contributed by atoms with E-state index in [1.54, 1.807) is 6.07 Å². The number of anilines is 1. The van der Waals surface area contributed by atoms with Crippen molar-refractivity contribution in [2.45, 2.75) is 19.3 Å². The van der Waals surface area contributed by atoms with Crippen LogP contribution in [0, 0.1) is 0 Å². The Kier molecular flexibility index (Phi) is 4.20.